The molecule has 0 spiro atoms. The van der Waals surface area contributed by atoms with E-state index in [1.54, 1.807) is 42.5 Å². The Bertz CT molecular complexity index is 3240. The zero-order valence-corrected chi connectivity index (χ0v) is 48.8. The topological polar surface area (TPSA) is 184 Å². The van der Waals surface area contributed by atoms with Gasteiger partial charge in [-0.2, -0.15) is 0 Å². The van der Waals surface area contributed by atoms with E-state index in [0.717, 1.165) is 86.1 Å². The van der Waals surface area contributed by atoms with Crippen molar-refractivity contribution in [3.05, 3.63) is 138 Å². The van der Waals surface area contributed by atoms with E-state index < -0.39 is 5.97 Å². The Morgan fingerprint density at radius 3 is 1.46 bits per heavy atom. The number of carboxylic acids is 1. The van der Waals surface area contributed by atoms with Gasteiger partial charge in [0.1, 0.15) is 41.1 Å². The van der Waals surface area contributed by atoms with Crippen LogP contribution in [-0.4, -0.2) is 119 Å². The fourth-order valence-corrected chi connectivity index (χ4v) is 13.8. The average Bonchev–Trinajstić information content (AvgIpc) is 3.84. The maximum absolute atomic E-state index is 15.3. The lowest BCUT2D eigenvalue weighted by atomic mass is 10.0. The average molecular weight is 1220 g/mol. The number of hydrogen-bond acceptors (Lipinski definition) is 14. The van der Waals surface area contributed by atoms with Crippen LogP contribution >= 0.6 is 46.4 Å². The molecule has 4 bridgehead atoms. The second-order valence-electron chi connectivity index (χ2n) is 22.7. The standard InChI is InChI=1S/C34H40Cl2FN3O6.C28H27Cl2FN2O4/c35-26-2-1-3-27(36)32(26)33-25(34(46-38-33)22-6-7-22)20-45-30-18-24-17-23(30)19-40(24)29-8-4-21(16-28(29)37)5-9-31(43)44-15-12-39(10-13-41)11-14-42;29-20-2-1-3-21(30)26(20)27-19(28(37-32-27)16-6-7-16)14-36-24-12-18-11-17(24)13-33(18)23-8-4-15(10-22(23)31)5-9-25(34)35/h1-4,8,16,22-24,30,41-42H,5-7,9-15,17-20H2;1-4,8,10,16-18,24H,5-7,9,11-14H2,(H,34,35)/t23-,24-,30+;17-,18-,24+/m00/s1. The smallest absolute Gasteiger partial charge is 0.306 e. The predicted molar refractivity (Wildman–Crippen MR) is 311 cm³/mol. The van der Waals surface area contributed by atoms with Crippen molar-refractivity contribution >= 4 is 69.7 Å². The first-order valence-corrected chi connectivity index (χ1v) is 30.3. The quantitative estimate of drug-likeness (QED) is 0.0460. The Balaban J connectivity index is 0.000000178. The minimum atomic E-state index is -0.884. The van der Waals surface area contributed by atoms with E-state index in [1.165, 1.54) is 12.1 Å². The summed E-state index contributed by atoms with van der Waals surface area (Å²) in [4.78, 5) is 29.1. The molecule has 2 aromatic heterocycles. The number of rotatable bonds is 25. The number of hydrogen-bond donors (Lipinski definition) is 3. The van der Waals surface area contributed by atoms with Crippen LogP contribution in [0.5, 0.6) is 0 Å². The number of ether oxygens (including phenoxy) is 3. The Morgan fingerprint density at radius 1 is 0.627 bits per heavy atom. The first-order valence-electron chi connectivity index (χ1n) is 28.8. The molecule has 12 rings (SSSR count). The first kappa shape index (κ1) is 59.4. The number of piperidine rings is 2. The highest BCUT2D eigenvalue weighted by Gasteiger charge is 2.48. The van der Waals surface area contributed by atoms with Gasteiger partial charge in [-0.25, -0.2) is 8.78 Å². The molecule has 0 radical (unpaired) electrons. The number of aliphatic hydroxyl groups excluding tert-OH is 2. The van der Waals surface area contributed by atoms with E-state index in [-0.39, 0.29) is 80.5 Å². The molecule has 442 valence electrons. The zero-order valence-electron chi connectivity index (χ0n) is 45.8. The molecule has 4 aromatic carbocycles. The highest BCUT2D eigenvalue weighted by molar-refractivity contribution is 6.39. The third kappa shape index (κ3) is 13.7. The second kappa shape index (κ2) is 26.5. The van der Waals surface area contributed by atoms with E-state index in [9.17, 15) is 14.0 Å². The van der Waals surface area contributed by atoms with Gasteiger partial charge in [-0.15, -0.1) is 0 Å². The van der Waals surface area contributed by atoms with Crippen LogP contribution in [0.1, 0.15) is 110 Å². The van der Waals surface area contributed by atoms with Crippen molar-refractivity contribution in [2.45, 2.75) is 126 Å². The number of fused-ring (bicyclic) bond motifs is 4. The van der Waals surface area contributed by atoms with Gasteiger partial charge >= 0.3 is 11.9 Å². The SMILES string of the molecule is O=C(CCc1ccc(N2C[C@@H]3C[C@H]2C[C@H]3OCc2c(-c3c(Cl)cccc3Cl)noc2C2CC2)c(F)c1)OCCN(CCO)CCO.O=C(O)CCc1ccc(N2C[C@@H]3C[C@H]2C[C@H]3OCc2c(-c3c(Cl)cccc3Cl)noc2C2CC2)c(F)c1. The van der Waals surface area contributed by atoms with Gasteiger partial charge in [0.25, 0.3) is 0 Å². The molecular weight excluding hydrogens is 1150 g/mol. The molecule has 15 nitrogen and oxygen atoms in total. The number of carboxylic acid groups (broad SMARTS) is 1. The van der Waals surface area contributed by atoms with E-state index in [2.05, 4.69) is 20.1 Å². The molecule has 2 saturated heterocycles. The minimum Gasteiger partial charge on any atom is -0.481 e. The number of halogens is 6. The number of benzene rings is 4. The normalized spacial score (nSPS) is 21.6. The molecule has 6 fully saturated rings. The number of aliphatic hydroxyl groups is 2. The number of esters is 1. The molecule has 21 heteroatoms. The number of carbonyl (C=O) groups is 2. The van der Waals surface area contributed by atoms with Crippen LogP contribution in [0.25, 0.3) is 22.5 Å². The summed E-state index contributed by atoms with van der Waals surface area (Å²) < 4.78 is 60.1. The number of anilines is 2. The van der Waals surface area contributed by atoms with Gasteiger partial charge in [0.2, 0.25) is 0 Å². The third-order valence-corrected chi connectivity index (χ3v) is 18.4. The van der Waals surface area contributed by atoms with Crippen LogP contribution < -0.4 is 9.80 Å². The van der Waals surface area contributed by atoms with Crippen LogP contribution in [0, 0.1) is 23.5 Å². The molecule has 6 aliphatic rings. The maximum atomic E-state index is 15.3. The lowest BCUT2D eigenvalue weighted by Crippen LogP contribution is -2.39. The van der Waals surface area contributed by atoms with Crippen molar-refractivity contribution in [2.24, 2.45) is 11.8 Å². The molecule has 4 saturated carbocycles. The van der Waals surface area contributed by atoms with Crippen LogP contribution in [0.3, 0.4) is 0 Å². The van der Waals surface area contributed by atoms with Crippen LogP contribution in [0.4, 0.5) is 20.2 Å². The molecule has 2 aliphatic heterocycles. The summed E-state index contributed by atoms with van der Waals surface area (Å²) in [7, 11) is 0. The molecule has 6 atom stereocenters. The Labute approximate surface area is 500 Å². The minimum absolute atomic E-state index is 0.00867. The highest BCUT2D eigenvalue weighted by Crippen LogP contribution is 2.50. The molecule has 3 N–H and O–H groups in total. The van der Waals surface area contributed by atoms with Crippen LogP contribution in [0.15, 0.2) is 81.8 Å². The fourth-order valence-electron chi connectivity index (χ4n) is 12.6. The predicted octanol–water partition coefficient (Wildman–Crippen LogP) is 12.5. The van der Waals surface area contributed by atoms with Gasteiger partial charge in [-0.05, 0) is 124 Å². The van der Waals surface area contributed by atoms with Gasteiger partial charge in [0.15, 0.2) is 0 Å². The van der Waals surface area contributed by atoms with Gasteiger partial charge in [-0.1, -0.05) is 81.0 Å². The van der Waals surface area contributed by atoms with Crippen molar-refractivity contribution < 1.29 is 56.9 Å². The van der Waals surface area contributed by atoms with Crippen molar-refractivity contribution in [3.63, 3.8) is 0 Å². The summed E-state index contributed by atoms with van der Waals surface area (Å²) in [5.74, 6) is 1.16. The molecule has 83 heavy (non-hydrogen) atoms. The summed E-state index contributed by atoms with van der Waals surface area (Å²) in [6.45, 7) is 3.51. The van der Waals surface area contributed by atoms with Crippen LogP contribution in [-0.2, 0) is 49.9 Å². The molecule has 4 aliphatic carbocycles. The Hall–Kier alpha value is -5.34. The molecule has 4 heterocycles. The molecule has 6 aromatic rings. The van der Waals surface area contributed by atoms with Gasteiger partial charge < -0.3 is 48.4 Å². The van der Waals surface area contributed by atoms with Crippen LogP contribution in [0.2, 0.25) is 20.1 Å². The third-order valence-electron chi connectivity index (χ3n) is 17.2. The first-order chi connectivity index (χ1) is 40.2. The van der Waals surface area contributed by atoms with Crippen molar-refractivity contribution in [1.82, 2.24) is 15.2 Å². The van der Waals surface area contributed by atoms with Crippen molar-refractivity contribution in [1.29, 1.82) is 0 Å². The van der Waals surface area contributed by atoms with Gasteiger partial charge in [-0.3, -0.25) is 14.5 Å². The highest BCUT2D eigenvalue weighted by atomic mass is 35.5. The lowest BCUT2D eigenvalue weighted by Gasteiger charge is -2.33. The zero-order chi connectivity index (χ0) is 57.9. The Morgan fingerprint density at radius 2 is 1.07 bits per heavy atom. The summed E-state index contributed by atoms with van der Waals surface area (Å²) in [6.07, 6.45) is 8.72. The number of nitrogens with zero attached hydrogens (tertiary/aromatic N) is 5. The van der Waals surface area contributed by atoms with Gasteiger partial charge in [0, 0.05) is 104 Å². The van der Waals surface area contributed by atoms with Crippen molar-refractivity contribution in [2.75, 3.05) is 62.3 Å². The molecule has 0 unspecified atom stereocenters. The Kier molecular flexibility index (Phi) is 19.0. The van der Waals surface area contributed by atoms with E-state index >= 15 is 4.39 Å². The van der Waals surface area contributed by atoms with Gasteiger partial charge in [0.05, 0.1) is 70.1 Å². The summed E-state index contributed by atoms with van der Waals surface area (Å²) in [5.41, 5.74) is 7.04. The fraction of sp³-hybridized carbons (Fsp3) is 0.484. The lowest BCUT2D eigenvalue weighted by molar-refractivity contribution is -0.144. The largest absolute Gasteiger partial charge is 0.481 e. The molecule has 0 amide bonds. The molecular formula is C62H67Cl4F2N5O10. The number of carbonyl (C=O) groups excluding carboxylic acids is 1. The van der Waals surface area contributed by atoms with Crippen molar-refractivity contribution in [3.8, 4) is 22.5 Å². The summed E-state index contributed by atoms with van der Waals surface area (Å²) in [5, 5.41) is 37.9. The summed E-state index contributed by atoms with van der Waals surface area (Å²) in [6, 6.07) is 21.4. The van der Waals surface area contributed by atoms with E-state index in [1.807, 2.05) is 23.1 Å². The van der Waals surface area contributed by atoms with E-state index in [0.29, 0.717) is 130 Å². The number of aryl methyl sites for hydroxylation is 2. The second-order valence-corrected chi connectivity index (χ2v) is 24.4. The monoisotopic (exact) mass is 1220 g/mol. The maximum Gasteiger partial charge on any atom is 0.306 e. The number of aliphatic carboxylic acids is 1. The van der Waals surface area contributed by atoms with E-state index in [4.69, 9.17) is 85.0 Å². The summed E-state index contributed by atoms with van der Waals surface area (Å²) >= 11 is 26.0. The number of aromatic nitrogens is 2.